The maximum absolute atomic E-state index is 12.0. The molecule has 65 valence electrons. The van der Waals surface area contributed by atoms with Crippen molar-refractivity contribution in [2.45, 2.75) is 0 Å². The number of benzene rings is 1. The molecule has 0 aliphatic heterocycles. The molecular weight excluding hydrogens is 237 g/mol. The van der Waals surface area contributed by atoms with Gasteiger partial charge in [0.25, 0.3) is 0 Å². The van der Waals surface area contributed by atoms with Crippen molar-refractivity contribution >= 4 is 19.8 Å². The van der Waals surface area contributed by atoms with Crippen LogP contribution in [0.4, 0.5) is 22.0 Å². The van der Waals surface area contributed by atoms with E-state index < -0.39 is 29.1 Å². The van der Waals surface area contributed by atoms with E-state index in [1.165, 1.54) is 0 Å². The van der Waals surface area contributed by atoms with Crippen molar-refractivity contribution in [2.24, 2.45) is 0 Å². The molecule has 0 atom stereocenters. The Labute approximate surface area is 77.4 Å². The van der Waals surface area contributed by atoms with E-state index in [1.54, 1.807) is 0 Å². The van der Waals surface area contributed by atoms with Crippen molar-refractivity contribution in [3.63, 3.8) is 0 Å². The molecule has 0 N–H and O–H groups in total. The van der Waals surface area contributed by atoms with Gasteiger partial charge in [0, 0.05) is 0 Å². The molecule has 1 aromatic rings. The summed E-state index contributed by atoms with van der Waals surface area (Å²) in [5.74, 6) is -10.0. The van der Waals surface area contributed by atoms with Crippen molar-refractivity contribution in [1.29, 1.82) is 0 Å². The number of halogens is 5. The molecule has 0 fully saturated rings. The van der Waals surface area contributed by atoms with E-state index >= 15 is 0 Å². The third-order valence-electron chi connectivity index (χ3n) is 0.990. The topological polar surface area (TPSA) is 0 Å². The van der Waals surface area contributed by atoms with E-state index in [0.717, 1.165) is 6.07 Å². The Balaban J connectivity index is 0.00000121. The second-order valence-electron chi connectivity index (χ2n) is 1.69. The predicted molar refractivity (Wildman–Crippen MR) is 35.0 cm³/mol. The Morgan fingerprint density at radius 3 is 1.33 bits per heavy atom. The summed E-state index contributed by atoms with van der Waals surface area (Å²) in [7, 11) is 0. The zero-order valence-electron chi connectivity index (χ0n) is 4.89. The molecule has 0 aromatic heterocycles. The van der Waals surface area contributed by atoms with Crippen molar-refractivity contribution in [1.82, 2.24) is 0 Å². The van der Waals surface area contributed by atoms with Crippen molar-refractivity contribution in [3.05, 3.63) is 35.2 Å². The fourth-order valence-corrected chi connectivity index (χ4v) is 0.495. The van der Waals surface area contributed by atoms with Gasteiger partial charge < -0.3 is 0 Å². The van der Waals surface area contributed by atoms with E-state index in [-0.39, 0.29) is 19.8 Å². The zero-order valence-corrected chi connectivity index (χ0v) is 4.89. The second kappa shape index (κ2) is 3.95. The fourth-order valence-electron chi connectivity index (χ4n) is 0.495. The molecule has 0 aliphatic carbocycles. The predicted octanol–water partition coefficient (Wildman–Crippen LogP) is 0.998. The second-order valence-corrected chi connectivity index (χ2v) is 1.69. The van der Waals surface area contributed by atoms with E-state index in [0.29, 0.717) is 0 Å². The molecule has 0 spiro atoms. The molecule has 0 unspecified atom stereocenters. The van der Waals surface area contributed by atoms with Crippen LogP contribution in [0.1, 0.15) is 0 Å². The van der Waals surface area contributed by atoms with Gasteiger partial charge in [0.05, 0.1) is 6.07 Å². The summed E-state index contributed by atoms with van der Waals surface area (Å²) in [6.45, 7) is 0. The number of rotatable bonds is 0. The monoisotopic (exact) mass is 239 g/mol. The van der Waals surface area contributed by atoms with Gasteiger partial charge in [-0.3, -0.25) is 0 Å². The summed E-state index contributed by atoms with van der Waals surface area (Å²) in [6.07, 6.45) is 0. The van der Waals surface area contributed by atoms with E-state index in [4.69, 9.17) is 0 Å². The fraction of sp³-hybridized carbons (Fsp3) is 0. The average Bonchev–Trinajstić information content (AvgIpc) is 1.97. The van der Waals surface area contributed by atoms with Crippen LogP contribution in [0, 0.1) is 35.2 Å². The normalized spacial score (nSPS) is 9.42. The van der Waals surface area contributed by atoms with Crippen LogP contribution in [0.25, 0.3) is 0 Å². The van der Waals surface area contributed by atoms with Gasteiger partial charge in [-0.15, -0.1) is 0 Å². The molecular formula is C6H3F5Ga. The molecule has 0 aliphatic rings. The van der Waals surface area contributed by atoms with Crippen LogP contribution in [0.15, 0.2) is 0 Å². The third-order valence-corrected chi connectivity index (χ3v) is 0.990. The first-order chi connectivity index (χ1) is 5.04. The van der Waals surface area contributed by atoms with Gasteiger partial charge >= 0.3 is 19.8 Å². The van der Waals surface area contributed by atoms with Crippen molar-refractivity contribution < 1.29 is 22.0 Å². The van der Waals surface area contributed by atoms with E-state index in [2.05, 4.69) is 0 Å². The van der Waals surface area contributed by atoms with Gasteiger partial charge in [0.15, 0.2) is 23.3 Å². The Morgan fingerprint density at radius 1 is 0.667 bits per heavy atom. The van der Waals surface area contributed by atoms with Gasteiger partial charge in [0.2, 0.25) is 5.82 Å². The van der Waals surface area contributed by atoms with Crippen LogP contribution in [0.5, 0.6) is 0 Å². The Kier molecular flexibility index (Phi) is 3.79. The molecule has 1 radical (unpaired) electrons. The SMILES string of the molecule is Fc1[c]c(F)c(F)c(F)c1F.[GaH3]. The molecule has 1 rings (SSSR count). The van der Waals surface area contributed by atoms with Crippen molar-refractivity contribution in [2.75, 3.05) is 0 Å². The summed E-state index contributed by atoms with van der Waals surface area (Å²) in [5.41, 5.74) is 0. The number of hydrogen-bond donors (Lipinski definition) is 0. The van der Waals surface area contributed by atoms with E-state index in [1.807, 2.05) is 0 Å². The number of hydrogen-bond acceptors (Lipinski definition) is 0. The van der Waals surface area contributed by atoms with Crippen LogP contribution < -0.4 is 0 Å². The van der Waals surface area contributed by atoms with Crippen LogP contribution in [-0.4, -0.2) is 19.8 Å². The third kappa shape index (κ3) is 1.81. The average molecular weight is 240 g/mol. The van der Waals surface area contributed by atoms with Gasteiger partial charge in [-0.05, 0) is 0 Å². The van der Waals surface area contributed by atoms with E-state index in [9.17, 15) is 22.0 Å². The van der Waals surface area contributed by atoms with Crippen LogP contribution in [0.3, 0.4) is 0 Å². The van der Waals surface area contributed by atoms with Gasteiger partial charge in [-0.1, -0.05) is 0 Å². The summed E-state index contributed by atoms with van der Waals surface area (Å²) in [5, 5.41) is 0. The standard InChI is InChI=1S/C6F5.Ga.3H/c7-2-1-3(8)5(10)6(11)4(2)9;;;;. The van der Waals surface area contributed by atoms with Gasteiger partial charge in [0.1, 0.15) is 0 Å². The van der Waals surface area contributed by atoms with Crippen LogP contribution in [0.2, 0.25) is 0 Å². The van der Waals surface area contributed by atoms with Gasteiger partial charge in [-0.2, -0.15) is 0 Å². The Bertz CT molecular complexity index is 272. The molecule has 0 heterocycles. The molecule has 0 saturated heterocycles. The Hall–Kier alpha value is -0.494. The first kappa shape index (κ1) is 11.5. The summed E-state index contributed by atoms with van der Waals surface area (Å²) >= 11 is 0. The maximum atomic E-state index is 12.0. The quantitative estimate of drug-likeness (QED) is 0.274. The minimum atomic E-state index is -2.17. The molecule has 0 amide bonds. The van der Waals surface area contributed by atoms with Crippen LogP contribution in [-0.2, 0) is 0 Å². The summed E-state index contributed by atoms with van der Waals surface area (Å²) < 4.78 is 59.9. The molecule has 0 bridgehead atoms. The van der Waals surface area contributed by atoms with Crippen LogP contribution >= 0.6 is 0 Å². The minimum absolute atomic E-state index is 0. The molecule has 12 heavy (non-hydrogen) atoms. The summed E-state index contributed by atoms with van der Waals surface area (Å²) in [6, 6.07) is 1.02. The molecule has 0 saturated carbocycles. The molecule has 0 nitrogen and oxygen atoms in total. The zero-order chi connectivity index (χ0) is 8.59. The van der Waals surface area contributed by atoms with Crippen molar-refractivity contribution in [3.8, 4) is 0 Å². The first-order valence-electron chi connectivity index (χ1n) is 2.44. The van der Waals surface area contributed by atoms with Gasteiger partial charge in [-0.25, -0.2) is 22.0 Å². The Morgan fingerprint density at radius 2 is 1.00 bits per heavy atom. The molecule has 6 heteroatoms. The summed E-state index contributed by atoms with van der Waals surface area (Å²) in [4.78, 5) is 0. The first-order valence-corrected chi connectivity index (χ1v) is 2.44. The molecule has 1 aromatic carbocycles.